The van der Waals surface area contributed by atoms with Gasteiger partial charge in [-0.2, -0.15) is 4.98 Å². The average molecular weight is 566 g/mol. The van der Waals surface area contributed by atoms with Gasteiger partial charge in [-0.25, -0.2) is 0 Å². The van der Waals surface area contributed by atoms with Crippen LogP contribution >= 0.6 is 15.9 Å². The lowest BCUT2D eigenvalue weighted by atomic mass is 10.0. The number of hydrogen-bond acceptors (Lipinski definition) is 5. The molecule has 0 bridgehead atoms. The van der Waals surface area contributed by atoms with Crippen molar-refractivity contribution < 1.29 is 14.1 Å². The van der Waals surface area contributed by atoms with Crippen molar-refractivity contribution in [1.29, 1.82) is 0 Å². The third kappa shape index (κ3) is 6.74. The summed E-state index contributed by atoms with van der Waals surface area (Å²) in [5.41, 5.74) is 2.62. The lowest BCUT2D eigenvalue weighted by molar-refractivity contribution is -0.136. The highest BCUT2D eigenvalue weighted by atomic mass is 79.9. The Morgan fingerprint density at radius 1 is 1.16 bits per heavy atom. The molecule has 0 saturated carbocycles. The summed E-state index contributed by atoms with van der Waals surface area (Å²) < 4.78 is 6.58. The van der Waals surface area contributed by atoms with E-state index < -0.39 is 0 Å². The molecule has 1 fully saturated rings. The quantitative estimate of drug-likeness (QED) is 0.273. The second-order valence-corrected chi connectivity index (χ2v) is 10.3. The van der Waals surface area contributed by atoms with Crippen molar-refractivity contribution in [3.63, 3.8) is 0 Å². The molecule has 194 valence electrons. The molecule has 1 aromatic heterocycles. The van der Waals surface area contributed by atoms with E-state index in [1.807, 2.05) is 48.5 Å². The summed E-state index contributed by atoms with van der Waals surface area (Å²) in [7, 11) is 0. The van der Waals surface area contributed by atoms with Crippen molar-refractivity contribution in [3.05, 3.63) is 82.7 Å². The summed E-state index contributed by atoms with van der Waals surface area (Å²) in [5.74, 6) is 0.601. The topological polar surface area (TPSA) is 79.5 Å². The molecule has 1 aliphatic rings. The zero-order valence-corrected chi connectivity index (χ0v) is 22.8. The number of aromatic nitrogens is 2. The summed E-state index contributed by atoms with van der Waals surface area (Å²) in [6.07, 6.45) is 7.48. The Labute approximate surface area is 226 Å². The number of aryl methyl sites for hydroxylation is 1. The molecule has 1 aliphatic heterocycles. The third-order valence-corrected chi connectivity index (χ3v) is 7.16. The molecule has 0 radical (unpaired) electrons. The van der Waals surface area contributed by atoms with Crippen LogP contribution in [0.1, 0.15) is 66.9 Å². The van der Waals surface area contributed by atoms with Crippen molar-refractivity contribution in [3.8, 4) is 11.4 Å². The fraction of sp³-hybridized carbons (Fsp3) is 0.379. The Kier molecular flexibility index (Phi) is 9.28. The largest absolute Gasteiger partial charge is 0.337 e. The maximum absolute atomic E-state index is 13.5. The number of piperidine rings is 1. The molecule has 1 saturated heterocycles. The number of carbonyl (C=O) groups is 2. The average Bonchev–Trinajstić information content (AvgIpc) is 3.42. The van der Waals surface area contributed by atoms with Crippen molar-refractivity contribution in [2.24, 2.45) is 0 Å². The van der Waals surface area contributed by atoms with E-state index in [2.05, 4.69) is 39.6 Å². The summed E-state index contributed by atoms with van der Waals surface area (Å²) in [6.45, 7) is 6.79. The Morgan fingerprint density at radius 3 is 2.62 bits per heavy atom. The maximum atomic E-state index is 13.5. The Hall–Kier alpha value is -3.26. The van der Waals surface area contributed by atoms with Crippen LogP contribution in [-0.4, -0.2) is 51.4 Å². The third-order valence-electron chi connectivity index (χ3n) is 6.64. The molecule has 0 aliphatic carbocycles. The van der Waals surface area contributed by atoms with Gasteiger partial charge in [-0.3, -0.25) is 9.59 Å². The number of nitrogens with zero attached hydrogens (tertiary/aromatic N) is 4. The molecule has 8 heteroatoms. The van der Waals surface area contributed by atoms with Gasteiger partial charge in [0, 0.05) is 28.7 Å². The van der Waals surface area contributed by atoms with Crippen LogP contribution in [0.4, 0.5) is 0 Å². The van der Waals surface area contributed by atoms with Gasteiger partial charge in [-0.15, -0.1) is 6.58 Å². The van der Waals surface area contributed by atoms with Gasteiger partial charge in [0.1, 0.15) is 12.6 Å². The fourth-order valence-electron chi connectivity index (χ4n) is 4.58. The molecule has 2 amide bonds. The molecular weight excluding hydrogens is 532 g/mol. The number of amides is 2. The summed E-state index contributed by atoms with van der Waals surface area (Å²) in [5, 5.41) is 4.15. The predicted octanol–water partition coefficient (Wildman–Crippen LogP) is 6.22. The van der Waals surface area contributed by atoms with Crippen LogP contribution in [0.2, 0.25) is 0 Å². The van der Waals surface area contributed by atoms with E-state index >= 15 is 0 Å². The van der Waals surface area contributed by atoms with Gasteiger partial charge >= 0.3 is 0 Å². The van der Waals surface area contributed by atoms with E-state index in [1.54, 1.807) is 15.9 Å². The summed E-state index contributed by atoms with van der Waals surface area (Å²) in [6, 6.07) is 15.1. The maximum Gasteiger partial charge on any atom is 0.254 e. The predicted molar refractivity (Wildman–Crippen MR) is 147 cm³/mol. The van der Waals surface area contributed by atoms with Crippen molar-refractivity contribution in [2.45, 2.75) is 51.5 Å². The van der Waals surface area contributed by atoms with Crippen LogP contribution < -0.4 is 0 Å². The first-order valence-electron chi connectivity index (χ1n) is 12.9. The first kappa shape index (κ1) is 26.8. The van der Waals surface area contributed by atoms with Crippen LogP contribution in [0.3, 0.4) is 0 Å². The smallest absolute Gasteiger partial charge is 0.254 e. The normalized spacial score (nSPS) is 15.4. The molecule has 0 N–H and O–H groups in total. The number of unbranched alkanes of at least 4 members (excludes halogenated alkanes) is 1. The summed E-state index contributed by atoms with van der Waals surface area (Å²) >= 11 is 3.43. The Balaban J connectivity index is 1.47. The zero-order valence-electron chi connectivity index (χ0n) is 21.2. The second kappa shape index (κ2) is 12.8. The van der Waals surface area contributed by atoms with Crippen molar-refractivity contribution in [1.82, 2.24) is 19.9 Å². The molecular formula is C29H33BrN4O3. The molecule has 7 nitrogen and oxygen atoms in total. The molecule has 0 spiro atoms. The molecule has 4 rings (SSSR count). The van der Waals surface area contributed by atoms with Crippen LogP contribution in [0.5, 0.6) is 0 Å². The zero-order chi connectivity index (χ0) is 26.2. The second-order valence-electron chi connectivity index (χ2n) is 9.34. The standard InChI is InChI=1S/C29H33BrN4O3/c1-3-5-8-21-10-12-23(13-11-21)29(36)33(18-4-2)20-26(35)34-19-7-6-9-25(34)28-31-27(32-37-28)22-14-16-24(30)17-15-22/h4,10-17,25H,2-3,5-9,18-20H2,1H3. The van der Waals surface area contributed by atoms with E-state index in [9.17, 15) is 9.59 Å². The van der Waals surface area contributed by atoms with Gasteiger partial charge in [0.05, 0.1) is 0 Å². The van der Waals surface area contributed by atoms with E-state index in [-0.39, 0.29) is 30.9 Å². The SMILES string of the molecule is C=CCN(CC(=O)N1CCCCC1c1nc(-c2ccc(Br)cc2)no1)C(=O)c1ccc(CCCC)cc1. The van der Waals surface area contributed by atoms with Gasteiger partial charge in [0.15, 0.2) is 0 Å². The van der Waals surface area contributed by atoms with Crippen molar-refractivity contribution in [2.75, 3.05) is 19.6 Å². The van der Waals surface area contributed by atoms with E-state index in [0.29, 0.717) is 23.8 Å². The lowest BCUT2D eigenvalue weighted by Crippen LogP contribution is -2.46. The Morgan fingerprint density at radius 2 is 1.92 bits per heavy atom. The number of benzene rings is 2. The van der Waals surface area contributed by atoms with Gasteiger partial charge in [-0.1, -0.05) is 52.6 Å². The number of hydrogen-bond donors (Lipinski definition) is 0. The highest BCUT2D eigenvalue weighted by Crippen LogP contribution is 2.31. The number of rotatable bonds is 10. The number of halogens is 1. The highest BCUT2D eigenvalue weighted by molar-refractivity contribution is 9.10. The highest BCUT2D eigenvalue weighted by Gasteiger charge is 2.33. The molecule has 37 heavy (non-hydrogen) atoms. The van der Waals surface area contributed by atoms with Gasteiger partial charge in [-0.05, 0) is 74.1 Å². The molecule has 1 unspecified atom stereocenters. The van der Waals surface area contributed by atoms with Gasteiger partial charge < -0.3 is 14.3 Å². The van der Waals surface area contributed by atoms with E-state index in [4.69, 9.17) is 4.52 Å². The lowest BCUT2D eigenvalue weighted by Gasteiger charge is -2.35. The van der Waals surface area contributed by atoms with E-state index in [0.717, 1.165) is 48.6 Å². The summed E-state index contributed by atoms with van der Waals surface area (Å²) in [4.78, 5) is 34.7. The monoisotopic (exact) mass is 564 g/mol. The first-order chi connectivity index (χ1) is 18.0. The van der Waals surface area contributed by atoms with Crippen molar-refractivity contribution >= 4 is 27.7 Å². The minimum Gasteiger partial charge on any atom is -0.337 e. The molecule has 1 atom stereocenters. The first-order valence-corrected chi connectivity index (χ1v) is 13.7. The Bertz CT molecular complexity index is 1210. The van der Waals surface area contributed by atoms with Gasteiger partial charge in [0.25, 0.3) is 5.91 Å². The number of likely N-dealkylation sites (tertiary alicyclic amines) is 1. The fourth-order valence-corrected chi connectivity index (χ4v) is 4.84. The molecule has 2 heterocycles. The van der Waals surface area contributed by atoms with E-state index in [1.165, 1.54) is 5.56 Å². The van der Waals surface area contributed by atoms with Gasteiger partial charge in [0.2, 0.25) is 17.6 Å². The molecule has 3 aromatic rings. The minimum absolute atomic E-state index is 0.0351. The number of carbonyl (C=O) groups excluding carboxylic acids is 2. The van der Waals surface area contributed by atoms with Crippen LogP contribution in [0, 0.1) is 0 Å². The minimum atomic E-state index is -0.309. The van der Waals surface area contributed by atoms with Crippen LogP contribution in [-0.2, 0) is 11.2 Å². The molecule has 2 aromatic carbocycles. The van der Waals surface area contributed by atoms with Crippen LogP contribution in [0.25, 0.3) is 11.4 Å². The van der Waals surface area contributed by atoms with Crippen LogP contribution in [0.15, 0.2) is 70.2 Å².